The summed E-state index contributed by atoms with van der Waals surface area (Å²) in [5, 5.41) is 0. The molecular weight excluding hydrogens is 312 g/mol. The van der Waals surface area contributed by atoms with Crippen molar-refractivity contribution in [1.82, 2.24) is 15.0 Å². The zero-order valence-electron chi connectivity index (χ0n) is 13.7. The average molecular weight is 328 g/mol. The molecule has 0 spiro atoms. The highest BCUT2D eigenvalue weighted by Crippen LogP contribution is 2.32. The summed E-state index contributed by atoms with van der Waals surface area (Å²) in [5.74, 6) is 0.641. The van der Waals surface area contributed by atoms with Gasteiger partial charge in [-0.1, -0.05) is 24.3 Å². The highest BCUT2D eigenvalue weighted by Gasteiger charge is 2.15. The van der Waals surface area contributed by atoms with Crippen molar-refractivity contribution in [2.75, 3.05) is 5.73 Å². The third kappa shape index (κ3) is 2.87. The molecule has 0 fully saturated rings. The second-order valence-electron chi connectivity index (χ2n) is 5.71. The molecule has 0 saturated carbocycles. The molecule has 0 amide bonds. The fourth-order valence-electron chi connectivity index (χ4n) is 2.76. The van der Waals surface area contributed by atoms with E-state index >= 15 is 0 Å². The maximum atomic E-state index is 6.07. The number of nitrogens with two attached hydrogens (primary N) is 1. The minimum Gasteiger partial charge on any atom is -0.441 e. The number of para-hydroxylation sites is 1. The van der Waals surface area contributed by atoms with E-state index in [0.29, 0.717) is 11.4 Å². The van der Waals surface area contributed by atoms with Crippen LogP contribution in [0.3, 0.4) is 0 Å². The van der Waals surface area contributed by atoms with E-state index in [-0.39, 0.29) is 0 Å². The number of aromatic nitrogens is 3. The van der Waals surface area contributed by atoms with Crippen molar-refractivity contribution in [1.29, 1.82) is 0 Å². The number of anilines is 1. The van der Waals surface area contributed by atoms with Gasteiger partial charge in [0.2, 0.25) is 0 Å². The number of oxazole rings is 1. The molecule has 5 nitrogen and oxygen atoms in total. The smallest absolute Gasteiger partial charge is 0.182 e. The van der Waals surface area contributed by atoms with E-state index in [1.807, 2.05) is 61.5 Å². The molecule has 0 atom stereocenters. The van der Waals surface area contributed by atoms with E-state index in [9.17, 15) is 0 Å². The van der Waals surface area contributed by atoms with Crippen LogP contribution in [0.5, 0.6) is 0 Å². The average Bonchev–Trinajstić information content (AvgIpc) is 3.12. The van der Waals surface area contributed by atoms with Gasteiger partial charge < -0.3 is 10.2 Å². The molecule has 122 valence electrons. The molecule has 0 aliphatic heterocycles. The molecule has 0 aliphatic carbocycles. The summed E-state index contributed by atoms with van der Waals surface area (Å²) in [7, 11) is 0. The zero-order valence-corrected chi connectivity index (χ0v) is 13.7. The van der Waals surface area contributed by atoms with Gasteiger partial charge in [-0.15, -0.1) is 0 Å². The molecule has 0 aliphatic rings. The van der Waals surface area contributed by atoms with Crippen molar-refractivity contribution >= 4 is 5.69 Å². The second-order valence-corrected chi connectivity index (χ2v) is 5.71. The molecule has 4 rings (SSSR count). The Morgan fingerprint density at radius 3 is 2.64 bits per heavy atom. The Morgan fingerprint density at radius 1 is 0.920 bits per heavy atom. The summed E-state index contributed by atoms with van der Waals surface area (Å²) in [6, 6.07) is 17.3. The molecule has 3 aromatic heterocycles. The van der Waals surface area contributed by atoms with E-state index in [0.717, 1.165) is 33.9 Å². The Morgan fingerprint density at radius 2 is 1.80 bits per heavy atom. The van der Waals surface area contributed by atoms with Crippen LogP contribution in [0.2, 0.25) is 0 Å². The Hall–Kier alpha value is -3.47. The summed E-state index contributed by atoms with van der Waals surface area (Å²) in [6.45, 7) is 1.95. The highest BCUT2D eigenvalue weighted by atomic mass is 16.3. The van der Waals surface area contributed by atoms with Gasteiger partial charge in [0.1, 0.15) is 11.4 Å². The third-order valence-corrected chi connectivity index (χ3v) is 3.96. The van der Waals surface area contributed by atoms with Crippen LogP contribution < -0.4 is 5.73 Å². The molecule has 0 bridgehead atoms. The fourth-order valence-corrected chi connectivity index (χ4v) is 2.76. The number of rotatable bonds is 3. The topological polar surface area (TPSA) is 77.8 Å². The van der Waals surface area contributed by atoms with Crippen LogP contribution >= 0.6 is 0 Å². The Bertz CT molecular complexity index is 1040. The second kappa shape index (κ2) is 6.20. The SMILES string of the molecule is Cc1cccc(-c2ocnc2-c2ccnc(-c3ccccc3N)c2)n1. The Balaban J connectivity index is 1.81. The minimum atomic E-state index is 0.641. The molecule has 3 heterocycles. The van der Waals surface area contributed by atoms with Gasteiger partial charge >= 0.3 is 0 Å². The lowest BCUT2D eigenvalue weighted by Crippen LogP contribution is -1.93. The Kier molecular flexibility index (Phi) is 3.74. The first-order valence-corrected chi connectivity index (χ1v) is 7.91. The van der Waals surface area contributed by atoms with Gasteiger partial charge in [-0.3, -0.25) is 4.98 Å². The number of hydrogen-bond donors (Lipinski definition) is 1. The zero-order chi connectivity index (χ0) is 17.2. The first kappa shape index (κ1) is 15.1. The molecular formula is C20H16N4O. The van der Waals surface area contributed by atoms with Crippen LogP contribution in [0.1, 0.15) is 5.69 Å². The van der Waals surface area contributed by atoms with Gasteiger partial charge in [0.05, 0.1) is 5.69 Å². The lowest BCUT2D eigenvalue weighted by molar-refractivity contribution is 0.570. The predicted molar refractivity (Wildman–Crippen MR) is 97.6 cm³/mol. The van der Waals surface area contributed by atoms with E-state index < -0.39 is 0 Å². The summed E-state index contributed by atoms with van der Waals surface area (Å²) >= 11 is 0. The van der Waals surface area contributed by atoms with Crippen LogP contribution in [0.4, 0.5) is 5.69 Å². The largest absolute Gasteiger partial charge is 0.441 e. The van der Waals surface area contributed by atoms with Gasteiger partial charge in [0.15, 0.2) is 12.2 Å². The predicted octanol–water partition coefficient (Wildman–Crippen LogP) is 4.36. The van der Waals surface area contributed by atoms with E-state index in [4.69, 9.17) is 10.2 Å². The number of benzene rings is 1. The number of nitrogen functional groups attached to an aromatic ring is 1. The van der Waals surface area contributed by atoms with Crippen LogP contribution in [-0.2, 0) is 0 Å². The van der Waals surface area contributed by atoms with Gasteiger partial charge in [-0.05, 0) is 37.3 Å². The number of pyridine rings is 2. The van der Waals surface area contributed by atoms with Crippen molar-refractivity contribution in [3.63, 3.8) is 0 Å². The first-order chi connectivity index (χ1) is 12.2. The molecule has 5 heteroatoms. The van der Waals surface area contributed by atoms with Crippen LogP contribution in [0.15, 0.2) is 71.6 Å². The van der Waals surface area contributed by atoms with Gasteiger partial charge in [-0.2, -0.15) is 0 Å². The molecule has 0 saturated heterocycles. The normalized spacial score (nSPS) is 10.8. The molecule has 2 N–H and O–H groups in total. The first-order valence-electron chi connectivity index (χ1n) is 7.91. The molecule has 1 aromatic carbocycles. The van der Waals surface area contributed by atoms with Crippen LogP contribution in [0.25, 0.3) is 34.0 Å². The van der Waals surface area contributed by atoms with E-state index in [1.165, 1.54) is 6.39 Å². The monoisotopic (exact) mass is 328 g/mol. The van der Waals surface area contributed by atoms with Crippen molar-refractivity contribution in [3.05, 3.63) is 72.9 Å². The van der Waals surface area contributed by atoms with Gasteiger partial charge in [0, 0.05) is 28.7 Å². The third-order valence-electron chi connectivity index (χ3n) is 3.96. The number of nitrogens with zero attached hydrogens (tertiary/aromatic N) is 3. The molecule has 0 radical (unpaired) electrons. The van der Waals surface area contributed by atoms with Crippen LogP contribution in [0, 0.1) is 6.92 Å². The number of aryl methyl sites for hydroxylation is 1. The fraction of sp³-hybridized carbons (Fsp3) is 0.0500. The summed E-state index contributed by atoms with van der Waals surface area (Å²) in [4.78, 5) is 13.4. The van der Waals surface area contributed by atoms with Crippen molar-refractivity contribution in [2.24, 2.45) is 0 Å². The number of hydrogen-bond acceptors (Lipinski definition) is 5. The van der Waals surface area contributed by atoms with Gasteiger partial charge in [0.25, 0.3) is 0 Å². The van der Waals surface area contributed by atoms with E-state index in [1.54, 1.807) is 6.20 Å². The standard InChI is InChI=1S/C20H16N4O/c1-13-5-4-8-17(24-13)20-19(23-12-25-20)14-9-10-22-18(11-14)15-6-2-3-7-16(15)21/h2-12H,21H2,1H3. The van der Waals surface area contributed by atoms with Gasteiger partial charge in [-0.25, -0.2) is 9.97 Å². The summed E-state index contributed by atoms with van der Waals surface area (Å²) < 4.78 is 5.61. The van der Waals surface area contributed by atoms with Crippen molar-refractivity contribution in [3.8, 4) is 34.0 Å². The maximum absolute atomic E-state index is 6.07. The minimum absolute atomic E-state index is 0.641. The van der Waals surface area contributed by atoms with Crippen LogP contribution in [-0.4, -0.2) is 15.0 Å². The summed E-state index contributed by atoms with van der Waals surface area (Å²) in [6.07, 6.45) is 3.19. The lowest BCUT2D eigenvalue weighted by Gasteiger charge is -2.07. The maximum Gasteiger partial charge on any atom is 0.182 e. The van der Waals surface area contributed by atoms with Crippen molar-refractivity contribution < 1.29 is 4.42 Å². The Labute approximate surface area is 145 Å². The summed E-state index contributed by atoms with van der Waals surface area (Å²) in [5.41, 5.74) is 11.8. The van der Waals surface area contributed by atoms with E-state index in [2.05, 4.69) is 15.0 Å². The molecule has 0 unspecified atom stereocenters. The molecule has 25 heavy (non-hydrogen) atoms. The van der Waals surface area contributed by atoms with Crippen molar-refractivity contribution in [2.45, 2.75) is 6.92 Å². The highest BCUT2D eigenvalue weighted by molar-refractivity contribution is 5.80. The molecule has 4 aromatic rings. The quantitative estimate of drug-likeness (QED) is 0.565. The lowest BCUT2D eigenvalue weighted by atomic mass is 10.0.